The minimum Gasteiger partial charge on any atom is -0.353 e. The molecule has 1 aliphatic rings. The van der Waals surface area contributed by atoms with Crippen molar-refractivity contribution in [1.29, 1.82) is 0 Å². The summed E-state index contributed by atoms with van der Waals surface area (Å²) in [6, 6.07) is 9.19. The number of ketones is 1. The van der Waals surface area contributed by atoms with Gasteiger partial charge in [-0.05, 0) is 25.3 Å². The lowest BCUT2D eigenvalue weighted by atomic mass is 9.95. The number of nitrogens with one attached hydrogen (secondary N) is 2. The summed E-state index contributed by atoms with van der Waals surface area (Å²) in [5.74, 6) is -1.13. The molecule has 2 amide bonds. The summed E-state index contributed by atoms with van der Waals surface area (Å²) < 4.78 is 0. The zero-order valence-electron chi connectivity index (χ0n) is 14.2. The van der Waals surface area contributed by atoms with E-state index in [2.05, 4.69) is 10.6 Å². The highest BCUT2D eigenvalue weighted by Crippen LogP contribution is 2.17. The molecule has 2 rings (SSSR count). The van der Waals surface area contributed by atoms with Crippen LogP contribution in [0.15, 0.2) is 30.3 Å². The summed E-state index contributed by atoms with van der Waals surface area (Å²) in [6.45, 7) is 1.74. The molecule has 5 heteroatoms. The van der Waals surface area contributed by atoms with Gasteiger partial charge in [0.2, 0.25) is 11.7 Å². The second-order valence-electron chi connectivity index (χ2n) is 6.57. The third kappa shape index (κ3) is 6.14. The fourth-order valence-corrected chi connectivity index (χ4v) is 3.04. The van der Waals surface area contributed by atoms with Crippen LogP contribution < -0.4 is 10.6 Å². The Labute approximate surface area is 143 Å². The zero-order valence-corrected chi connectivity index (χ0v) is 14.2. The van der Waals surface area contributed by atoms with Gasteiger partial charge in [-0.2, -0.15) is 0 Å². The van der Waals surface area contributed by atoms with E-state index in [0.717, 1.165) is 31.2 Å². The van der Waals surface area contributed by atoms with Gasteiger partial charge in [0.05, 0.1) is 6.42 Å². The van der Waals surface area contributed by atoms with E-state index < -0.39 is 11.7 Å². The van der Waals surface area contributed by atoms with Crippen molar-refractivity contribution in [3.63, 3.8) is 0 Å². The van der Waals surface area contributed by atoms with E-state index in [9.17, 15) is 14.4 Å². The molecule has 1 fully saturated rings. The smallest absolute Gasteiger partial charge is 0.287 e. The Bertz CT molecular complexity index is 565. The van der Waals surface area contributed by atoms with E-state index in [0.29, 0.717) is 0 Å². The molecule has 5 nitrogen and oxygen atoms in total. The third-order valence-corrected chi connectivity index (χ3v) is 4.30. The van der Waals surface area contributed by atoms with E-state index in [4.69, 9.17) is 0 Å². The normalized spacial score (nSPS) is 16.2. The van der Waals surface area contributed by atoms with Crippen LogP contribution in [0.2, 0.25) is 0 Å². The van der Waals surface area contributed by atoms with Crippen LogP contribution in [0.1, 0.15) is 51.0 Å². The maximum Gasteiger partial charge on any atom is 0.287 e. The van der Waals surface area contributed by atoms with E-state index in [1.54, 1.807) is 6.92 Å². The van der Waals surface area contributed by atoms with Crippen molar-refractivity contribution in [3.05, 3.63) is 35.9 Å². The number of benzene rings is 1. The predicted octanol–water partition coefficient (Wildman–Crippen LogP) is 2.14. The van der Waals surface area contributed by atoms with Crippen molar-refractivity contribution in [2.24, 2.45) is 0 Å². The average Bonchev–Trinajstić information content (AvgIpc) is 2.56. The van der Waals surface area contributed by atoms with Crippen molar-refractivity contribution < 1.29 is 14.4 Å². The molecule has 1 aliphatic carbocycles. The van der Waals surface area contributed by atoms with Crippen LogP contribution in [0.5, 0.6) is 0 Å². The first-order valence-corrected chi connectivity index (χ1v) is 8.71. The molecule has 0 aliphatic heterocycles. The van der Waals surface area contributed by atoms with Gasteiger partial charge in [0.1, 0.15) is 0 Å². The number of carbonyl (C=O) groups excluding carboxylic acids is 3. The van der Waals surface area contributed by atoms with E-state index in [-0.39, 0.29) is 30.8 Å². The molecule has 0 aromatic heterocycles. The molecule has 0 bridgehead atoms. The standard InChI is InChI=1S/C19H26N2O3/c1-14(20-18(23)13-15-8-4-2-5-9-15)12-17(22)19(24)21-16-10-6-3-7-11-16/h2,4-5,8-9,14,16H,3,6-7,10-13H2,1H3,(H,20,23)(H,21,24)/t14-/m0/s1. The maximum atomic E-state index is 12.0. The SMILES string of the molecule is C[C@@H](CC(=O)C(=O)NC1CCCCC1)NC(=O)Cc1ccccc1. The molecule has 1 atom stereocenters. The van der Waals surface area contributed by atoms with Gasteiger partial charge in [-0.25, -0.2) is 0 Å². The lowest BCUT2D eigenvalue weighted by Crippen LogP contribution is -2.43. The van der Waals surface area contributed by atoms with Gasteiger partial charge in [-0.15, -0.1) is 0 Å². The largest absolute Gasteiger partial charge is 0.353 e. The Morgan fingerprint density at radius 2 is 1.75 bits per heavy atom. The summed E-state index contributed by atoms with van der Waals surface area (Å²) >= 11 is 0. The van der Waals surface area contributed by atoms with Gasteiger partial charge in [0, 0.05) is 18.5 Å². The topological polar surface area (TPSA) is 75.3 Å². The monoisotopic (exact) mass is 330 g/mol. The molecular weight excluding hydrogens is 304 g/mol. The Morgan fingerprint density at radius 1 is 1.08 bits per heavy atom. The number of hydrogen-bond donors (Lipinski definition) is 2. The highest BCUT2D eigenvalue weighted by Gasteiger charge is 2.22. The van der Waals surface area contributed by atoms with Crippen LogP contribution in [0.25, 0.3) is 0 Å². The molecular formula is C19H26N2O3. The molecule has 0 radical (unpaired) electrons. The summed E-state index contributed by atoms with van der Waals surface area (Å²) in [6.07, 6.45) is 5.60. The van der Waals surface area contributed by atoms with Crippen molar-refractivity contribution in [3.8, 4) is 0 Å². The molecule has 1 aromatic carbocycles. The number of hydrogen-bond acceptors (Lipinski definition) is 3. The quantitative estimate of drug-likeness (QED) is 0.752. The predicted molar refractivity (Wildman–Crippen MR) is 92.4 cm³/mol. The Hall–Kier alpha value is -2.17. The van der Waals surface area contributed by atoms with Crippen molar-refractivity contribution in [2.75, 3.05) is 0 Å². The lowest BCUT2D eigenvalue weighted by molar-refractivity contribution is -0.138. The first-order chi connectivity index (χ1) is 11.5. The van der Waals surface area contributed by atoms with Crippen LogP contribution in [0.3, 0.4) is 0 Å². The van der Waals surface area contributed by atoms with Crippen LogP contribution in [-0.2, 0) is 20.8 Å². The molecule has 0 heterocycles. The van der Waals surface area contributed by atoms with Gasteiger partial charge in [-0.3, -0.25) is 14.4 Å². The summed E-state index contributed by atoms with van der Waals surface area (Å²) in [5, 5.41) is 5.59. The van der Waals surface area contributed by atoms with Gasteiger partial charge in [-0.1, -0.05) is 49.6 Å². The van der Waals surface area contributed by atoms with Crippen LogP contribution in [0, 0.1) is 0 Å². The first-order valence-electron chi connectivity index (χ1n) is 8.71. The fourth-order valence-electron chi connectivity index (χ4n) is 3.04. The molecule has 130 valence electrons. The van der Waals surface area contributed by atoms with Gasteiger partial charge < -0.3 is 10.6 Å². The maximum absolute atomic E-state index is 12.0. The highest BCUT2D eigenvalue weighted by atomic mass is 16.2. The highest BCUT2D eigenvalue weighted by molar-refractivity contribution is 6.36. The Kier molecular flexibility index (Phi) is 6.97. The summed E-state index contributed by atoms with van der Waals surface area (Å²) in [4.78, 5) is 35.9. The molecule has 0 saturated heterocycles. The lowest BCUT2D eigenvalue weighted by Gasteiger charge is -2.22. The first kappa shape index (κ1) is 18.2. The Balaban J connectivity index is 1.72. The molecule has 2 N–H and O–H groups in total. The average molecular weight is 330 g/mol. The second-order valence-corrected chi connectivity index (χ2v) is 6.57. The summed E-state index contributed by atoms with van der Waals surface area (Å²) in [7, 11) is 0. The molecule has 24 heavy (non-hydrogen) atoms. The van der Waals surface area contributed by atoms with Gasteiger partial charge >= 0.3 is 0 Å². The van der Waals surface area contributed by atoms with Gasteiger partial charge in [0.15, 0.2) is 0 Å². The van der Waals surface area contributed by atoms with Crippen molar-refractivity contribution >= 4 is 17.6 Å². The molecule has 0 spiro atoms. The summed E-state index contributed by atoms with van der Waals surface area (Å²) in [5.41, 5.74) is 0.920. The molecule has 0 unspecified atom stereocenters. The molecule has 1 aromatic rings. The number of carbonyl (C=O) groups is 3. The third-order valence-electron chi connectivity index (χ3n) is 4.30. The molecule has 1 saturated carbocycles. The number of Topliss-reactive ketones (excluding diaryl/α,β-unsaturated/α-hetero) is 1. The fraction of sp³-hybridized carbons (Fsp3) is 0.526. The van der Waals surface area contributed by atoms with Crippen LogP contribution >= 0.6 is 0 Å². The van der Waals surface area contributed by atoms with Crippen molar-refractivity contribution in [1.82, 2.24) is 10.6 Å². The number of amides is 2. The Morgan fingerprint density at radius 3 is 2.42 bits per heavy atom. The number of rotatable bonds is 7. The van der Waals surface area contributed by atoms with E-state index in [1.165, 1.54) is 6.42 Å². The minimum absolute atomic E-state index is 0.0269. The zero-order chi connectivity index (χ0) is 17.4. The van der Waals surface area contributed by atoms with E-state index in [1.807, 2.05) is 30.3 Å². The second kappa shape index (κ2) is 9.21. The van der Waals surface area contributed by atoms with E-state index >= 15 is 0 Å². The van der Waals surface area contributed by atoms with Gasteiger partial charge in [0.25, 0.3) is 5.91 Å². The van der Waals surface area contributed by atoms with Crippen LogP contribution in [-0.4, -0.2) is 29.7 Å². The van der Waals surface area contributed by atoms with Crippen molar-refractivity contribution in [2.45, 2.75) is 64.0 Å². The van der Waals surface area contributed by atoms with Crippen LogP contribution in [0.4, 0.5) is 0 Å². The minimum atomic E-state index is -0.522.